The van der Waals surface area contributed by atoms with Gasteiger partial charge in [0.25, 0.3) is 0 Å². The number of allylic oxidation sites excluding steroid dienone is 11. The Bertz CT molecular complexity index is 1560. The Morgan fingerprint density at radius 2 is 1.72 bits per heavy atom. The normalized spacial score (nSPS) is 19.1. The minimum Gasteiger partial charge on any atom is -0.359 e. The first kappa shape index (κ1) is 25.4. The molecule has 0 amide bonds. The van der Waals surface area contributed by atoms with E-state index in [0.717, 1.165) is 38.5 Å². The van der Waals surface area contributed by atoms with Gasteiger partial charge < -0.3 is 5.32 Å². The number of hydrogen-bond donors (Lipinski definition) is 1. The molecule has 0 saturated heterocycles. The highest BCUT2D eigenvalue weighted by atomic mass is 14.9. The molecule has 1 heteroatoms. The first-order chi connectivity index (χ1) is 19.2. The molecule has 196 valence electrons. The number of aryl methyl sites for hydroxylation is 1. The molecular weight excluding hydrogens is 470 g/mol. The highest BCUT2D eigenvalue weighted by molar-refractivity contribution is 5.96. The summed E-state index contributed by atoms with van der Waals surface area (Å²) in [5.74, 6) is 0.432. The van der Waals surface area contributed by atoms with E-state index in [1.54, 1.807) is 5.57 Å². The number of benzene rings is 3. The van der Waals surface area contributed by atoms with Gasteiger partial charge in [0.1, 0.15) is 0 Å². The summed E-state index contributed by atoms with van der Waals surface area (Å²) >= 11 is 0. The quantitative estimate of drug-likeness (QED) is 0.334. The third-order valence-electron chi connectivity index (χ3n) is 8.53. The van der Waals surface area contributed by atoms with Crippen LogP contribution in [0.2, 0.25) is 0 Å². The predicted octanol–water partition coefficient (Wildman–Crippen LogP) is 10.4. The van der Waals surface area contributed by atoms with Crippen LogP contribution in [0.15, 0.2) is 131 Å². The van der Waals surface area contributed by atoms with Crippen molar-refractivity contribution >= 4 is 10.8 Å². The van der Waals surface area contributed by atoms with Crippen LogP contribution in [-0.2, 0) is 0 Å². The van der Waals surface area contributed by atoms with E-state index in [0.29, 0.717) is 5.92 Å². The van der Waals surface area contributed by atoms with Gasteiger partial charge in [-0.05, 0) is 102 Å². The van der Waals surface area contributed by atoms with Gasteiger partial charge in [0.2, 0.25) is 0 Å². The van der Waals surface area contributed by atoms with E-state index in [2.05, 4.69) is 122 Å². The lowest BCUT2D eigenvalue weighted by molar-refractivity contribution is 0.698. The summed E-state index contributed by atoms with van der Waals surface area (Å²) in [4.78, 5) is 0. The van der Waals surface area contributed by atoms with Crippen molar-refractivity contribution in [2.24, 2.45) is 0 Å². The fourth-order valence-electron chi connectivity index (χ4n) is 6.40. The molecule has 0 aromatic heterocycles. The second kappa shape index (κ2) is 11.5. The number of hydrogen-bond acceptors (Lipinski definition) is 1. The fraction of sp³-hybridized carbons (Fsp3) is 0.263. The Morgan fingerprint density at radius 1 is 0.846 bits per heavy atom. The Hall–Kier alpha value is -3.84. The van der Waals surface area contributed by atoms with Crippen LogP contribution in [0.4, 0.5) is 0 Å². The zero-order valence-corrected chi connectivity index (χ0v) is 23.3. The van der Waals surface area contributed by atoms with E-state index in [1.807, 2.05) is 0 Å². The van der Waals surface area contributed by atoms with E-state index < -0.39 is 0 Å². The van der Waals surface area contributed by atoms with Gasteiger partial charge in [-0.2, -0.15) is 0 Å². The van der Waals surface area contributed by atoms with Crippen LogP contribution in [0.5, 0.6) is 0 Å². The molecule has 0 heterocycles. The molecule has 0 bridgehead atoms. The molecule has 0 saturated carbocycles. The van der Waals surface area contributed by atoms with Crippen molar-refractivity contribution in [3.05, 3.63) is 142 Å². The standard InChI is InChI=1S/C38H39N/c1-3-10-29-19-20-31(28-21-23-34(24-22-28)39-33-13-5-4-6-14-33)25-38(29)37-26-32(18-17-27(37)2)36-16-9-12-30-11-7-8-15-35(30)36/h5,7-9,11-21,23,26,38-39H,3-4,6,10,22,24-25H2,1-2H3. The first-order valence-electron chi connectivity index (χ1n) is 14.7. The fourth-order valence-corrected chi connectivity index (χ4v) is 6.40. The maximum Gasteiger partial charge on any atom is 0.0338 e. The van der Waals surface area contributed by atoms with Crippen LogP contribution in [0.3, 0.4) is 0 Å². The van der Waals surface area contributed by atoms with E-state index in [9.17, 15) is 0 Å². The zero-order valence-electron chi connectivity index (χ0n) is 23.3. The van der Waals surface area contributed by atoms with Crippen LogP contribution in [0, 0.1) is 6.92 Å². The van der Waals surface area contributed by atoms with Crippen molar-refractivity contribution in [3.8, 4) is 11.1 Å². The van der Waals surface area contributed by atoms with Crippen molar-refractivity contribution in [1.29, 1.82) is 0 Å². The van der Waals surface area contributed by atoms with Crippen molar-refractivity contribution in [3.63, 3.8) is 0 Å². The average molecular weight is 510 g/mol. The smallest absolute Gasteiger partial charge is 0.0338 e. The SMILES string of the molecule is CCCC1=CC=C(C2=CC=C(NC3=CCCC=C3)CC2)CC1c1cc(-c2cccc3ccccc23)ccc1C. The van der Waals surface area contributed by atoms with Gasteiger partial charge in [-0.25, -0.2) is 0 Å². The molecule has 39 heavy (non-hydrogen) atoms. The minimum absolute atomic E-state index is 0.432. The highest BCUT2D eigenvalue weighted by Gasteiger charge is 2.25. The lowest BCUT2D eigenvalue weighted by Crippen LogP contribution is -2.15. The molecule has 3 aliphatic rings. The molecule has 1 nitrogen and oxygen atoms in total. The van der Waals surface area contributed by atoms with Gasteiger partial charge in [-0.1, -0.05) is 110 Å². The van der Waals surface area contributed by atoms with Crippen LogP contribution < -0.4 is 5.32 Å². The second-order valence-electron chi connectivity index (χ2n) is 11.2. The molecule has 1 atom stereocenters. The molecule has 0 spiro atoms. The van der Waals surface area contributed by atoms with Gasteiger partial charge in [-0.15, -0.1) is 0 Å². The minimum atomic E-state index is 0.432. The van der Waals surface area contributed by atoms with Crippen LogP contribution in [0.1, 0.15) is 68.9 Å². The lowest BCUT2D eigenvalue weighted by atomic mass is 9.75. The molecule has 1 N–H and O–H groups in total. The Kier molecular flexibility index (Phi) is 7.50. The Morgan fingerprint density at radius 3 is 2.54 bits per heavy atom. The monoisotopic (exact) mass is 509 g/mol. The first-order valence-corrected chi connectivity index (χ1v) is 14.7. The van der Waals surface area contributed by atoms with Crippen LogP contribution in [-0.4, -0.2) is 0 Å². The average Bonchev–Trinajstić information content (AvgIpc) is 2.99. The number of rotatable bonds is 7. The molecule has 6 rings (SSSR count). The molecule has 0 aliphatic heterocycles. The van der Waals surface area contributed by atoms with Crippen LogP contribution >= 0.6 is 0 Å². The van der Waals surface area contributed by atoms with Crippen molar-refractivity contribution in [2.75, 3.05) is 0 Å². The van der Waals surface area contributed by atoms with E-state index >= 15 is 0 Å². The van der Waals surface area contributed by atoms with E-state index in [-0.39, 0.29) is 0 Å². The van der Waals surface area contributed by atoms with Crippen molar-refractivity contribution in [1.82, 2.24) is 5.32 Å². The molecule has 3 aliphatic carbocycles. The largest absolute Gasteiger partial charge is 0.359 e. The third kappa shape index (κ3) is 5.50. The Balaban J connectivity index is 1.30. The summed E-state index contributed by atoms with van der Waals surface area (Å²) in [5, 5.41) is 6.27. The second-order valence-corrected chi connectivity index (χ2v) is 11.2. The lowest BCUT2D eigenvalue weighted by Gasteiger charge is -2.29. The van der Waals surface area contributed by atoms with Crippen LogP contribution in [0.25, 0.3) is 21.9 Å². The summed E-state index contributed by atoms with van der Waals surface area (Å²) in [5.41, 5.74) is 12.7. The summed E-state index contributed by atoms with van der Waals surface area (Å²) < 4.78 is 0. The molecule has 0 radical (unpaired) electrons. The number of nitrogens with one attached hydrogen (secondary N) is 1. The van der Waals surface area contributed by atoms with Gasteiger partial charge in [-0.3, -0.25) is 0 Å². The molecule has 0 fully saturated rings. The van der Waals surface area contributed by atoms with E-state index in [1.165, 1.54) is 62.0 Å². The maximum absolute atomic E-state index is 3.64. The topological polar surface area (TPSA) is 12.0 Å². The third-order valence-corrected chi connectivity index (χ3v) is 8.53. The van der Waals surface area contributed by atoms with Crippen molar-refractivity contribution in [2.45, 2.75) is 64.7 Å². The highest BCUT2D eigenvalue weighted by Crippen LogP contribution is 2.43. The van der Waals surface area contributed by atoms with Gasteiger partial charge in [0.15, 0.2) is 0 Å². The van der Waals surface area contributed by atoms with Gasteiger partial charge >= 0.3 is 0 Å². The molecule has 3 aromatic carbocycles. The van der Waals surface area contributed by atoms with Crippen molar-refractivity contribution < 1.29 is 0 Å². The maximum atomic E-state index is 3.64. The summed E-state index contributed by atoms with van der Waals surface area (Å²) in [7, 11) is 0. The summed E-state index contributed by atoms with van der Waals surface area (Å²) in [6.07, 6.45) is 24.2. The predicted molar refractivity (Wildman–Crippen MR) is 168 cm³/mol. The number of fused-ring (bicyclic) bond motifs is 1. The molecular formula is C38H39N. The molecule has 3 aromatic rings. The van der Waals surface area contributed by atoms with Gasteiger partial charge in [0.05, 0.1) is 0 Å². The summed E-state index contributed by atoms with van der Waals surface area (Å²) in [6, 6.07) is 22.5. The Labute approximate surface area is 234 Å². The van der Waals surface area contributed by atoms with E-state index in [4.69, 9.17) is 0 Å². The zero-order chi connectivity index (χ0) is 26.6. The molecule has 1 unspecified atom stereocenters. The van der Waals surface area contributed by atoms with Gasteiger partial charge in [0, 0.05) is 17.3 Å². The summed E-state index contributed by atoms with van der Waals surface area (Å²) in [6.45, 7) is 4.59.